The summed E-state index contributed by atoms with van der Waals surface area (Å²) in [5.41, 5.74) is 10.3. The summed E-state index contributed by atoms with van der Waals surface area (Å²) in [6.45, 7) is 15.4. The molecule has 0 saturated carbocycles. The molecule has 0 spiro atoms. The Morgan fingerprint density at radius 3 is 2.73 bits per heavy atom. The fourth-order valence-corrected chi connectivity index (χ4v) is 7.95. The molecule has 3 aliphatic rings. The number of esters is 1. The van der Waals surface area contributed by atoms with E-state index in [0.29, 0.717) is 45.2 Å². The number of benzene rings is 1. The van der Waals surface area contributed by atoms with Crippen LogP contribution in [-0.2, 0) is 36.8 Å². The Kier molecular flexibility index (Phi) is 11.4. The number of nitrogens with one attached hydrogen (secondary N) is 2. The van der Waals surface area contributed by atoms with Crippen molar-refractivity contribution in [3.63, 3.8) is 0 Å². The number of rotatable bonds is 7. The van der Waals surface area contributed by atoms with E-state index in [1.165, 1.54) is 10.6 Å². The molecule has 3 aliphatic heterocycles. The fourth-order valence-electron chi connectivity index (χ4n) is 7.95. The number of cyclic esters (lactones) is 1. The number of fused-ring (bicyclic) bond motifs is 6. The van der Waals surface area contributed by atoms with Gasteiger partial charge in [-0.1, -0.05) is 39.3 Å². The van der Waals surface area contributed by atoms with E-state index in [2.05, 4.69) is 71.3 Å². The lowest BCUT2D eigenvalue weighted by Crippen LogP contribution is -2.60. The minimum Gasteiger partial charge on any atom is -0.464 e. The molecule has 0 aliphatic carbocycles. The van der Waals surface area contributed by atoms with Gasteiger partial charge in [-0.3, -0.25) is 24.4 Å². The van der Waals surface area contributed by atoms with Crippen LogP contribution in [0, 0.1) is 11.3 Å². The van der Waals surface area contributed by atoms with Crippen LogP contribution < -0.4 is 15.6 Å². The van der Waals surface area contributed by atoms with E-state index >= 15 is 0 Å². The third kappa shape index (κ3) is 8.05. The molecule has 2 amide bonds. The summed E-state index contributed by atoms with van der Waals surface area (Å²) >= 11 is 0. The highest BCUT2D eigenvalue weighted by Gasteiger charge is 2.36. The average molecular weight is 713 g/mol. The standard InChI is InChI=1S/C41H56N6O5/c1-8-46-35-16-15-29-22-31(35)32(38(46)30-13-9-17-42-37(30)27(4)51-7)23-41(5,6)25-52-40(50)33-14-11-19-47(44-33)39(49)34(43-36(48)20-26(2)3)21-28-12-10-18-45(29)24-28/h9,12-13,15-17,22,26-27,33-34,44H,8,10-11,14,18-21,23-25H2,1-7H3,(H,43,48)/t27-,33-,34-/m0/s1. The van der Waals surface area contributed by atoms with Gasteiger partial charge in [0.25, 0.3) is 5.91 Å². The summed E-state index contributed by atoms with van der Waals surface area (Å²) in [5, 5.41) is 5.74. The highest BCUT2D eigenvalue weighted by Crippen LogP contribution is 2.42. The summed E-state index contributed by atoms with van der Waals surface area (Å²) in [4.78, 5) is 48.0. The van der Waals surface area contributed by atoms with Gasteiger partial charge in [-0.2, -0.15) is 0 Å². The molecule has 11 nitrogen and oxygen atoms in total. The predicted octanol–water partition coefficient (Wildman–Crippen LogP) is 6.11. The molecule has 5 heterocycles. The molecule has 6 rings (SSSR count). The fraction of sp³-hybridized carbons (Fsp3) is 0.561. The first kappa shape index (κ1) is 37.5. The lowest BCUT2D eigenvalue weighted by Gasteiger charge is -2.36. The number of hydrogen-bond donors (Lipinski definition) is 2. The number of methoxy groups -OCH3 is 1. The highest BCUT2D eigenvalue weighted by molar-refractivity contribution is 5.95. The zero-order valence-electron chi connectivity index (χ0n) is 32.0. The summed E-state index contributed by atoms with van der Waals surface area (Å²) < 4.78 is 14.2. The third-order valence-corrected chi connectivity index (χ3v) is 10.6. The second-order valence-electron chi connectivity index (χ2n) is 15.8. The zero-order valence-corrected chi connectivity index (χ0v) is 32.0. The summed E-state index contributed by atoms with van der Waals surface area (Å²) in [6, 6.07) is 9.43. The molecule has 6 bridgehead atoms. The van der Waals surface area contributed by atoms with Crippen molar-refractivity contribution in [3.8, 4) is 11.3 Å². The molecule has 1 saturated heterocycles. The molecule has 3 atom stereocenters. The van der Waals surface area contributed by atoms with Crippen molar-refractivity contribution in [1.29, 1.82) is 0 Å². The Morgan fingerprint density at radius 2 is 1.98 bits per heavy atom. The maximum absolute atomic E-state index is 14.1. The van der Waals surface area contributed by atoms with Gasteiger partial charge >= 0.3 is 5.97 Å². The van der Waals surface area contributed by atoms with Crippen LogP contribution in [0.5, 0.6) is 0 Å². The van der Waals surface area contributed by atoms with Crippen molar-refractivity contribution < 1.29 is 23.9 Å². The lowest BCUT2D eigenvalue weighted by atomic mass is 9.84. The maximum atomic E-state index is 14.1. The van der Waals surface area contributed by atoms with Crippen LogP contribution in [0.15, 0.2) is 48.2 Å². The largest absolute Gasteiger partial charge is 0.464 e. The Bertz CT molecular complexity index is 1830. The summed E-state index contributed by atoms with van der Waals surface area (Å²) in [6.07, 6.45) is 7.26. The first-order valence-corrected chi connectivity index (χ1v) is 19.0. The van der Waals surface area contributed by atoms with Crippen LogP contribution in [0.4, 0.5) is 5.69 Å². The second-order valence-corrected chi connectivity index (χ2v) is 15.8. The summed E-state index contributed by atoms with van der Waals surface area (Å²) in [7, 11) is 1.71. The van der Waals surface area contributed by atoms with E-state index < -0.39 is 17.5 Å². The smallest absolute Gasteiger partial charge is 0.324 e. The predicted molar refractivity (Wildman–Crippen MR) is 203 cm³/mol. The molecule has 1 fully saturated rings. The molecular weight excluding hydrogens is 656 g/mol. The average Bonchev–Trinajstić information content (AvgIpc) is 3.43. The van der Waals surface area contributed by atoms with Crippen molar-refractivity contribution >= 4 is 34.4 Å². The molecule has 280 valence electrons. The first-order valence-electron chi connectivity index (χ1n) is 19.0. The van der Waals surface area contributed by atoms with Gasteiger partial charge in [0.05, 0.1) is 24.1 Å². The van der Waals surface area contributed by atoms with E-state index in [4.69, 9.17) is 14.5 Å². The molecule has 11 heteroatoms. The number of aromatic nitrogens is 2. The van der Waals surface area contributed by atoms with Gasteiger partial charge in [0.1, 0.15) is 12.1 Å². The number of carbonyl (C=O) groups is 3. The van der Waals surface area contributed by atoms with Crippen LogP contribution in [-0.4, -0.2) is 77.8 Å². The van der Waals surface area contributed by atoms with Gasteiger partial charge in [0, 0.05) is 73.5 Å². The number of ether oxygens (including phenoxy) is 2. The van der Waals surface area contributed by atoms with Crippen molar-refractivity contribution in [2.24, 2.45) is 11.3 Å². The second kappa shape index (κ2) is 15.8. The first-order chi connectivity index (χ1) is 24.9. The maximum Gasteiger partial charge on any atom is 0.324 e. The zero-order chi connectivity index (χ0) is 37.2. The van der Waals surface area contributed by atoms with Crippen LogP contribution in [0.3, 0.4) is 0 Å². The van der Waals surface area contributed by atoms with Gasteiger partial charge in [-0.05, 0) is 87.8 Å². The summed E-state index contributed by atoms with van der Waals surface area (Å²) in [5.74, 6) is -0.595. The number of anilines is 1. The van der Waals surface area contributed by atoms with Crippen molar-refractivity contribution in [2.45, 2.75) is 105 Å². The van der Waals surface area contributed by atoms with E-state index in [0.717, 1.165) is 58.6 Å². The minimum absolute atomic E-state index is 0.148. The topological polar surface area (TPSA) is 118 Å². The minimum atomic E-state index is -0.754. The molecule has 2 aromatic heterocycles. The Hall–Kier alpha value is -4.22. The quantitative estimate of drug-likeness (QED) is 0.223. The molecule has 52 heavy (non-hydrogen) atoms. The SMILES string of the molecule is CCn1c(-c2cccnc2[C@H](C)OC)c2c3cc(ccc31)N1CCC=C(C[C@H](NC(=O)CC(C)C)C(=O)N3CCC[C@H](N3)C(=O)OCC(C)(C)C2)C1. The molecular formula is C41H56N6O5. The molecule has 3 aromatic rings. The number of hydrazine groups is 1. The van der Waals surface area contributed by atoms with Crippen LogP contribution in [0.1, 0.15) is 91.0 Å². The molecule has 0 radical (unpaired) electrons. The van der Waals surface area contributed by atoms with Crippen LogP contribution in [0.25, 0.3) is 22.2 Å². The van der Waals surface area contributed by atoms with Crippen molar-refractivity contribution in [3.05, 3.63) is 59.4 Å². The molecule has 0 unspecified atom stereocenters. The van der Waals surface area contributed by atoms with Crippen LogP contribution >= 0.6 is 0 Å². The monoisotopic (exact) mass is 712 g/mol. The van der Waals surface area contributed by atoms with E-state index in [9.17, 15) is 14.4 Å². The van der Waals surface area contributed by atoms with Gasteiger partial charge in [0.15, 0.2) is 0 Å². The Morgan fingerprint density at radius 1 is 1.17 bits per heavy atom. The van der Waals surface area contributed by atoms with Gasteiger partial charge < -0.3 is 24.3 Å². The highest BCUT2D eigenvalue weighted by atomic mass is 16.5. The van der Waals surface area contributed by atoms with Gasteiger partial charge in [-0.25, -0.2) is 5.43 Å². The van der Waals surface area contributed by atoms with Gasteiger partial charge in [0.2, 0.25) is 5.91 Å². The lowest BCUT2D eigenvalue weighted by molar-refractivity contribution is -0.155. The Labute approximate surface area is 308 Å². The van der Waals surface area contributed by atoms with Crippen molar-refractivity contribution in [2.75, 3.05) is 38.3 Å². The normalized spacial score (nSPS) is 21.8. The van der Waals surface area contributed by atoms with Gasteiger partial charge in [-0.15, -0.1) is 0 Å². The number of hydrogen-bond acceptors (Lipinski definition) is 8. The van der Waals surface area contributed by atoms with Crippen LogP contribution in [0.2, 0.25) is 0 Å². The number of carbonyl (C=O) groups excluding carboxylic acids is 3. The molecule has 1 aromatic carbocycles. The van der Waals surface area contributed by atoms with Crippen molar-refractivity contribution in [1.82, 2.24) is 25.3 Å². The number of nitrogens with zero attached hydrogens (tertiary/aromatic N) is 4. The number of amides is 2. The molecule has 2 N–H and O–H groups in total. The van der Waals surface area contributed by atoms with E-state index in [-0.39, 0.29) is 36.4 Å². The van der Waals surface area contributed by atoms with E-state index in [1.807, 2.05) is 33.0 Å². The number of aryl methyl sites for hydroxylation is 1. The van der Waals surface area contributed by atoms with E-state index in [1.54, 1.807) is 7.11 Å². The number of pyridine rings is 1. The third-order valence-electron chi connectivity index (χ3n) is 10.6. The Balaban J connectivity index is 1.47.